The molecule has 2 unspecified atom stereocenters. The van der Waals surface area contributed by atoms with Crippen molar-refractivity contribution in [3.05, 3.63) is 24.2 Å². The van der Waals surface area contributed by atoms with Crippen molar-refractivity contribution in [3.63, 3.8) is 0 Å². The van der Waals surface area contributed by atoms with Gasteiger partial charge in [-0.05, 0) is 25.6 Å². The van der Waals surface area contributed by atoms with Crippen molar-refractivity contribution in [2.45, 2.75) is 26.4 Å². The van der Waals surface area contributed by atoms with Crippen molar-refractivity contribution in [3.8, 4) is 0 Å². The number of likely N-dealkylation sites (N-methyl/N-ethyl adjacent to an activating group) is 1. The van der Waals surface area contributed by atoms with Gasteiger partial charge in [0.15, 0.2) is 0 Å². The van der Waals surface area contributed by atoms with Gasteiger partial charge in [-0.15, -0.1) is 0 Å². The molecule has 1 fully saturated rings. The van der Waals surface area contributed by atoms with E-state index in [0.29, 0.717) is 26.3 Å². The summed E-state index contributed by atoms with van der Waals surface area (Å²) in [5.74, 6) is 0.867. The van der Waals surface area contributed by atoms with Gasteiger partial charge in [0.05, 0.1) is 31.9 Å². The van der Waals surface area contributed by atoms with Crippen LogP contribution in [0.15, 0.2) is 22.8 Å². The van der Waals surface area contributed by atoms with Crippen LogP contribution in [0.2, 0.25) is 0 Å². The first-order chi connectivity index (χ1) is 9.26. The van der Waals surface area contributed by atoms with Crippen LogP contribution in [0.1, 0.15) is 19.6 Å². The van der Waals surface area contributed by atoms with E-state index < -0.39 is 0 Å². The molecule has 0 saturated carbocycles. The third kappa shape index (κ3) is 3.36. The predicted molar refractivity (Wildman–Crippen MR) is 71.6 cm³/mol. The third-order valence-corrected chi connectivity index (χ3v) is 3.48. The van der Waals surface area contributed by atoms with Crippen LogP contribution in [-0.4, -0.2) is 43.2 Å². The SMILES string of the molecule is CCNC1COCC1C(=O)N(CC)Cc1ccco1. The van der Waals surface area contributed by atoms with Crippen LogP contribution in [-0.2, 0) is 16.1 Å². The lowest BCUT2D eigenvalue weighted by Crippen LogP contribution is -2.45. The summed E-state index contributed by atoms with van der Waals surface area (Å²) in [5.41, 5.74) is 0. The van der Waals surface area contributed by atoms with Gasteiger partial charge in [0, 0.05) is 12.6 Å². The zero-order valence-electron chi connectivity index (χ0n) is 11.6. The lowest BCUT2D eigenvalue weighted by Gasteiger charge is -2.26. The van der Waals surface area contributed by atoms with Gasteiger partial charge in [-0.1, -0.05) is 6.92 Å². The van der Waals surface area contributed by atoms with Gasteiger partial charge in [0.2, 0.25) is 5.91 Å². The van der Waals surface area contributed by atoms with Gasteiger partial charge in [0.25, 0.3) is 0 Å². The van der Waals surface area contributed by atoms with E-state index >= 15 is 0 Å². The van der Waals surface area contributed by atoms with Crippen LogP contribution in [0.4, 0.5) is 0 Å². The number of hydrogen-bond donors (Lipinski definition) is 1. The molecule has 106 valence electrons. The molecule has 0 aromatic carbocycles. The van der Waals surface area contributed by atoms with Crippen molar-refractivity contribution >= 4 is 5.91 Å². The fraction of sp³-hybridized carbons (Fsp3) is 0.643. The maximum absolute atomic E-state index is 12.6. The molecule has 1 aromatic heterocycles. The Bertz CT molecular complexity index is 391. The highest BCUT2D eigenvalue weighted by Gasteiger charge is 2.35. The van der Waals surface area contributed by atoms with Gasteiger partial charge in [-0.2, -0.15) is 0 Å². The summed E-state index contributed by atoms with van der Waals surface area (Å²) < 4.78 is 10.8. The minimum Gasteiger partial charge on any atom is -0.467 e. The Morgan fingerprint density at radius 3 is 2.95 bits per heavy atom. The zero-order chi connectivity index (χ0) is 13.7. The Morgan fingerprint density at radius 2 is 2.32 bits per heavy atom. The molecule has 2 atom stereocenters. The first-order valence-corrected chi connectivity index (χ1v) is 6.88. The molecule has 0 spiro atoms. The normalized spacial score (nSPS) is 22.6. The highest BCUT2D eigenvalue weighted by Crippen LogP contribution is 2.18. The molecule has 0 radical (unpaired) electrons. The zero-order valence-corrected chi connectivity index (χ0v) is 11.6. The second-order valence-electron chi connectivity index (χ2n) is 4.74. The van der Waals surface area contributed by atoms with Crippen LogP contribution in [0.5, 0.6) is 0 Å². The average molecular weight is 266 g/mol. The van der Waals surface area contributed by atoms with Crippen molar-refractivity contribution < 1.29 is 13.9 Å². The Kier molecular flexibility index (Phi) is 4.99. The number of carbonyl (C=O) groups excluding carboxylic acids is 1. The molecule has 5 nitrogen and oxygen atoms in total. The van der Waals surface area contributed by atoms with Gasteiger partial charge in [-0.25, -0.2) is 0 Å². The lowest BCUT2D eigenvalue weighted by atomic mass is 10.0. The number of furan rings is 1. The van der Waals surface area contributed by atoms with E-state index in [9.17, 15) is 4.79 Å². The van der Waals surface area contributed by atoms with E-state index in [1.54, 1.807) is 6.26 Å². The minimum absolute atomic E-state index is 0.0881. The number of nitrogens with zero attached hydrogens (tertiary/aromatic N) is 1. The Balaban J connectivity index is 1.99. The summed E-state index contributed by atoms with van der Waals surface area (Å²) in [5, 5.41) is 3.32. The third-order valence-electron chi connectivity index (χ3n) is 3.48. The van der Waals surface area contributed by atoms with Crippen LogP contribution >= 0.6 is 0 Å². The van der Waals surface area contributed by atoms with E-state index in [2.05, 4.69) is 5.32 Å². The molecule has 19 heavy (non-hydrogen) atoms. The maximum atomic E-state index is 12.6. The second-order valence-corrected chi connectivity index (χ2v) is 4.74. The smallest absolute Gasteiger partial charge is 0.230 e. The van der Waals surface area contributed by atoms with Crippen LogP contribution in [0, 0.1) is 5.92 Å². The molecule has 1 N–H and O–H groups in total. The summed E-state index contributed by atoms with van der Waals surface area (Å²) in [6.45, 7) is 7.20. The van der Waals surface area contributed by atoms with Gasteiger partial charge in [-0.3, -0.25) is 4.79 Å². The van der Waals surface area contributed by atoms with Crippen molar-refractivity contribution in [1.82, 2.24) is 10.2 Å². The summed E-state index contributed by atoms with van der Waals surface area (Å²) in [6, 6.07) is 3.86. The first kappa shape index (κ1) is 14.1. The quantitative estimate of drug-likeness (QED) is 0.842. The van der Waals surface area contributed by atoms with Gasteiger partial charge in [0.1, 0.15) is 5.76 Å². The van der Waals surface area contributed by atoms with E-state index in [1.807, 2.05) is 30.9 Å². The first-order valence-electron chi connectivity index (χ1n) is 6.88. The molecule has 1 amide bonds. The molecular weight excluding hydrogens is 244 g/mol. The maximum Gasteiger partial charge on any atom is 0.230 e. The molecule has 5 heteroatoms. The molecule has 1 aliphatic rings. The van der Waals surface area contributed by atoms with E-state index in [1.165, 1.54) is 0 Å². The molecule has 2 heterocycles. The van der Waals surface area contributed by atoms with Crippen LogP contribution in [0.25, 0.3) is 0 Å². The van der Waals surface area contributed by atoms with Gasteiger partial charge < -0.3 is 19.4 Å². The number of carbonyl (C=O) groups is 1. The molecule has 2 rings (SSSR count). The molecule has 1 saturated heterocycles. The van der Waals surface area contributed by atoms with Crippen molar-refractivity contribution in [2.24, 2.45) is 5.92 Å². The average Bonchev–Trinajstić information content (AvgIpc) is 3.06. The molecular formula is C14H22N2O3. The van der Waals surface area contributed by atoms with Gasteiger partial charge >= 0.3 is 0 Å². The van der Waals surface area contributed by atoms with E-state index in [4.69, 9.17) is 9.15 Å². The van der Waals surface area contributed by atoms with E-state index in [0.717, 1.165) is 12.3 Å². The summed E-state index contributed by atoms with van der Waals surface area (Å²) in [4.78, 5) is 14.4. The fourth-order valence-electron chi connectivity index (χ4n) is 2.43. The standard InChI is InChI=1S/C14H22N2O3/c1-3-15-13-10-18-9-12(13)14(17)16(4-2)8-11-6-5-7-19-11/h5-7,12-13,15H,3-4,8-10H2,1-2H3. The van der Waals surface area contributed by atoms with E-state index in [-0.39, 0.29) is 17.9 Å². The number of rotatable bonds is 6. The monoisotopic (exact) mass is 266 g/mol. The predicted octanol–water partition coefficient (Wildman–Crippen LogP) is 1.25. The number of ether oxygens (including phenoxy) is 1. The topological polar surface area (TPSA) is 54.7 Å². The van der Waals surface area contributed by atoms with Crippen LogP contribution in [0.3, 0.4) is 0 Å². The Morgan fingerprint density at radius 1 is 1.47 bits per heavy atom. The highest BCUT2D eigenvalue weighted by molar-refractivity contribution is 5.80. The highest BCUT2D eigenvalue weighted by atomic mass is 16.5. The summed E-state index contributed by atoms with van der Waals surface area (Å²) in [7, 11) is 0. The fourth-order valence-corrected chi connectivity index (χ4v) is 2.43. The second kappa shape index (κ2) is 6.73. The van der Waals surface area contributed by atoms with Crippen molar-refractivity contribution in [2.75, 3.05) is 26.3 Å². The molecule has 0 bridgehead atoms. The summed E-state index contributed by atoms with van der Waals surface area (Å²) >= 11 is 0. The number of hydrogen-bond acceptors (Lipinski definition) is 4. The number of nitrogens with one attached hydrogen (secondary N) is 1. The Labute approximate surface area is 113 Å². The molecule has 0 aliphatic carbocycles. The molecule has 1 aromatic rings. The molecule has 1 aliphatic heterocycles. The summed E-state index contributed by atoms with van der Waals surface area (Å²) in [6.07, 6.45) is 1.63. The number of amides is 1. The largest absolute Gasteiger partial charge is 0.467 e. The van der Waals surface area contributed by atoms with Crippen molar-refractivity contribution in [1.29, 1.82) is 0 Å². The minimum atomic E-state index is -0.0881. The lowest BCUT2D eigenvalue weighted by molar-refractivity contribution is -0.136. The van der Waals surface area contributed by atoms with Crippen LogP contribution < -0.4 is 5.32 Å². The Hall–Kier alpha value is -1.33.